The summed E-state index contributed by atoms with van der Waals surface area (Å²) in [6, 6.07) is 2.04. The predicted molar refractivity (Wildman–Crippen MR) is 95.9 cm³/mol. The summed E-state index contributed by atoms with van der Waals surface area (Å²) < 4.78 is 2.90. The molecule has 0 aliphatic carbocycles. The van der Waals surface area contributed by atoms with Crippen LogP contribution in [-0.2, 0) is 6.42 Å². The quantitative estimate of drug-likeness (QED) is 0.790. The Morgan fingerprint density at radius 3 is 2.61 bits per heavy atom. The van der Waals surface area contributed by atoms with Crippen molar-refractivity contribution in [3.8, 4) is 0 Å². The number of fused-ring (bicyclic) bond motifs is 1. The first-order valence-electron chi connectivity index (χ1n) is 8.37. The molecule has 5 heteroatoms. The number of rotatable bonds is 2. The molecule has 2 atom stereocenters. The Kier molecular flexibility index (Phi) is 4.50. The Labute approximate surface area is 146 Å². The standard InChI is InChI=1S/C18H24BrN3O/c1-5-15-16(18(23)21-8-11(2)6-12(3)9-21)22-10-13(4)7-14(19)17(22)20-15/h7,10-12H,5-6,8-9H2,1-4H3. The van der Waals surface area contributed by atoms with E-state index in [2.05, 4.69) is 36.7 Å². The molecule has 3 rings (SSSR count). The molecule has 0 radical (unpaired) electrons. The fraction of sp³-hybridized carbons (Fsp3) is 0.556. The summed E-state index contributed by atoms with van der Waals surface area (Å²) in [4.78, 5) is 19.9. The molecular weight excluding hydrogens is 354 g/mol. The number of halogens is 1. The first-order chi connectivity index (χ1) is 10.9. The number of carbonyl (C=O) groups is 1. The summed E-state index contributed by atoms with van der Waals surface area (Å²) in [7, 11) is 0. The second-order valence-electron chi connectivity index (χ2n) is 6.98. The number of pyridine rings is 1. The number of amides is 1. The van der Waals surface area contributed by atoms with E-state index >= 15 is 0 Å². The van der Waals surface area contributed by atoms with Gasteiger partial charge in [0.25, 0.3) is 5.91 Å². The lowest BCUT2D eigenvalue weighted by molar-refractivity contribution is 0.0615. The number of hydrogen-bond acceptors (Lipinski definition) is 2. The summed E-state index contributed by atoms with van der Waals surface area (Å²) in [5.74, 6) is 1.23. The molecule has 0 aromatic carbocycles. The molecule has 3 heterocycles. The molecule has 4 nitrogen and oxygen atoms in total. The van der Waals surface area contributed by atoms with E-state index in [1.54, 1.807) is 0 Å². The van der Waals surface area contributed by atoms with E-state index in [-0.39, 0.29) is 5.91 Å². The second kappa shape index (κ2) is 6.27. The van der Waals surface area contributed by atoms with E-state index in [0.717, 1.165) is 46.6 Å². The first kappa shape index (κ1) is 16.5. The van der Waals surface area contributed by atoms with E-state index in [9.17, 15) is 4.79 Å². The highest BCUT2D eigenvalue weighted by atomic mass is 79.9. The highest BCUT2D eigenvalue weighted by molar-refractivity contribution is 9.10. The average Bonchev–Trinajstić information content (AvgIpc) is 2.84. The zero-order valence-corrected chi connectivity index (χ0v) is 15.9. The highest BCUT2D eigenvalue weighted by Crippen LogP contribution is 2.27. The van der Waals surface area contributed by atoms with Gasteiger partial charge in [-0.2, -0.15) is 0 Å². The molecule has 0 spiro atoms. The van der Waals surface area contributed by atoms with Crippen molar-refractivity contribution in [3.05, 3.63) is 33.7 Å². The molecule has 124 valence electrons. The third-order valence-corrected chi connectivity index (χ3v) is 5.16. The Morgan fingerprint density at radius 2 is 2.00 bits per heavy atom. The maximum absolute atomic E-state index is 13.2. The van der Waals surface area contributed by atoms with Crippen LogP contribution in [0.15, 0.2) is 16.7 Å². The topological polar surface area (TPSA) is 37.6 Å². The monoisotopic (exact) mass is 377 g/mol. The molecule has 2 aromatic rings. The van der Waals surface area contributed by atoms with Crippen LogP contribution < -0.4 is 0 Å². The molecular formula is C18H24BrN3O. The van der Waals surface area contributed by atoms with Crippen LogP contribution in [-0.4, -0.2) is 33.3 Å². The van der Waals surface area contributed by atoms with Gasteiger partial charge in [-0.15, -0.1) is 0 Å². The molecule has 0 N–H and O–H groups in total. The molecule has 0 bridgehead atoms. The molecule has 1 fully saturated rings. The number of aryl methyl sites for hydroxylation is 2. The Hall–Kier alpha value is -1.36. The molecule has 2 aromatic heterocycles. The average molecular weight is 378 g/mol. The molecule has 1 saturated heterocycles. The van der Waals surface area contributed by atoms with E-state index in [4.69, 9.17) is 4.98 Å². The van der Waals surface area contributed by atoms with Gasteiger partial charge in [-0.3, -0.25) is 9.20 Å². The minimum absolute atomic E-state index is 0.116. The molecule has 0 saturated carbocycles. The third-order valence-electron chi connectivity index (χ3n) is 4.58. The summed E-state index contributed by atoms with van der Waals surface area (Å²) in [6.07, 6.45) is 3.96. The van der Waals surface area contributed by atoms with Gasteiger partial charge in [0.15, 0.2) is 5.65 Å². The van der Waals surface area contributed by atoms with E-state index in [0.29, 0.717) is 11.8 Å². The van der Waals surface area contributed by atoms with Gasteiger partial charge >= 0.3 is 0 Å². The largest absolute Gasteiger partial charge is 0.337 e. The van der Waals surface area contributed by atoms with Crippen molar-refractivity contribution in [2.45, 2.75) is 40.5 Å². The van der Waals surface area contributed by atoms with Gasteiger partial charge < -0.3 is 4.90 Å². The summed E-state index contributed by atoms with van der Waals surface area (Å²) in [6.45, 7) is 10.2. The van der Waals surface area contributed by atoms with Gasteiger partial charge in [0.1, 0.15) is 5.69 Å². The van der Waals surface area contributed by atoms with Crippen LogP contribution in [0.4, 0.5) is 0 Å². The van der Waals surface area contributed by atoms with Crippen LogP contribution in [0.25, 0.3) is 5.65 Å². The molecule has 23 heavy (non-hydrogen) atoms. The minimum Gasteiger partial charge on any atom is -0.337 e. The van der Waals surface area contributed by atoms with Crippen molar-refractivity contribution in [2.75, 3.05) is 13.1 Å². The molecule has 2 unspecified atom stereocenters. The fourth-order valence-corrected chi connectivity index (χ4v) is 4.37. The van der Waals surface area contributed by atoms with E-state index in [1.165, 1.54) is 6.42 Å². The van der Waals surface area contributed by atoms with Crippen molar-refractivity contribution < 1.29 is 4.79 Å². The lowest BCUT2D eigenvalue weighted by atomic mass is 9.91. The van der Waals surface area contributed by atoms with Crippen molar-refractivity contribution in [3.63, 3.8) is 0 Å². The normalized spacial score (nSPS) is 21.9. The summed E-state index contributed by atoms with van der Waals surface area (Å²) in [5, 5.41) is 0. The fourth-order valence-electron chi connectivity index (χ4n) is 3.73. The Morgan fingerprint density at radius 1 is 1.35 bits per heavy atom. The maximum Gasteiger partial charge on any atom is 0.272 e. The van der Waals surface area contributed by atoms with Crippen molar-refractivity contribution in [2.24, 2.45) is 11.8 Å². The van der Waals surface area contributed by atoms with E-state index < -0.39 is 0 Å². The highest BCUT2D eigenvalue weighted by Gasteiger charge is 2.29. The van der Waals surface area contributed by atoms with Crippen molar-refractivity contribution in [1.29, 1.82) is 0 Å². The molecule has 1 amide bonds. The molecule has 1 aliphatic heterocycles. The minimum atomic E-state index is 0.116. The second-order valence-corrected chi connectivity index (χ2v) is 7.83. The lowest BCUT2D eigenvalue weighted by Gasteiger charge is -2.35. The third kappa shape index (κ3) is 3.03. The predicted octanol–water partition coefficient (Wildman–Crippen LogP) is 4.09. The van der Waals surface area contributed by atoms with Crippen molar-refractivity contribution >= 4 is 27.5 Å². The first-order valence-corrected chi connectivity index (χ1v) is 9.16. The number of carbonyl (C=O) groups excluding carboxylic acids is 1. The summed E-state index contributed by atoms with van der Waals surface area (Å²) >= 11 is 3.58. The van der Waals surface area contributed by atoms with Crippen LogP contribution in [0.1, 0.15) is 48.9 Å². The van der Waals surface area contributed by atoms with Crippen LogP contribution in [0, 0.1) is 18.8 Å². The number of nitrogens with zero attached hydrogens (tertiary/aromatic N) is 3. The van der Waals surface area contributed by atoms with Crippen LogP contribution in [0.3, 0.4) is 0 Å². The number of imidazole rings is 1. The number of aromatic nitrogens is 2. The number of hydrogen-bond donors (Lipinski definition) is 0. The maximum atomic E-state index is 13.2. The lowest BCUT2D eigenvalue weighted by Crippen LogP contribution is -2.43. The molecule has 1 aliphatic rings. The zero-order valence-electron chi connectivity index (χ0n) is 14.3. The van der Waals surface area contributed by atoms with Crippen molar-refractivity contribution in [1.82, 2.24) is 14.3 Å². The number of likely N-dealkylation sites (tertiary alicyclic amines) is 1. The van der Waals surface area contributed by atoms with Gasteiger partial charge in [0.2, 0.25) is 0 Å². The number of piperidine rings is 1. The zero-order chi connectivity index (χ0) is 16.7. The van der Waals surface area contributed by atoms with Gasteiger partial charge in [0.05, 0.1) is 10.2 Å². The van der Waals surface area contributed by atoms with Crippen LogP contribution in [0.5, 0.6) is 0 Å². The van der Waals surface area contributed by atoms with E-state index in [1.807, 2.05) is 28.5 Å². The SMILES string of the molecule is CCc1nc2c(Br)cc(C)cn2c1C(=O)N1CC(C)CC(C)C1. The smallest absolute Gasteiger partial charge is 0.272 e. The van der Waals surface area contributed by atoms with Crippen LogP contribution >= 0.6 is 15.9 Å². The summed E-state index contributed by atoms with van der Waals surface area (Å²) in [5.41, 5.74) is 3.55. The Bertz CT molecular complexity index is 742. The van der Waals surface area contributed by atoms with Gasteiger partial charge in [-0.1, -0.05) is 20.8 Å². The van der Waals surface area contributed by atoms with Gasteiger partial charge in [0, 0.05) is 19.3 Å². The van der Waals surface area contributed by atoms with Gasteiger partial charge in [-0.05, 0) is 59.2 Å². The van der Waals surface area contributed by atoms with Gasteiger partial charge in [-0.25, -0.2) is 4.98 Å². The van der Waals surface area contributed by atoms with Crippen LogP contribution in [0.2, 0.25) is 0 Å². The Balaban J connectivity index is 2.09.